The van der Waals surface area contributed by atoms with E-state index in [1.54, 1.807) is 11.0 Å². The number of likely N-dealkylation sites (tertiary alicyclic amines) is 1. The first-order valence-electron chi connectivity index (χ1n) is 11.0. The number of ether oxygens (including phenoxy) is 2. The normalized spacial score (nSPS) is 30.8. The molecule has 5 rings (SSSR count). The minimum Gasteiger partial charge on any atom is -0.395 e. The van der Waals surface area contributed by atoms with Gasteiger partial charge in [-0.2, -0.15) is 0 Å². The molecule has 0 radical (unpaired) electrons. The van der Waals surface area contributed by atoms with Gasteiger partial charge in [-0.1, -0.05) is 24.3 Å². The van der Waals surface area contributed by atoms with Crippen LogP contribution in [0.5, 0.6) is 0 Å². The van der Waals surface area contributed by atoms with Crippen LogP contribution in [0.3, 0.4) is 0 Å². The molecule has 2 saturated heterocycles. The molecule has 8 nitrogen and oxygen atoms in total. The second-order valence-electron chi connectivity index (χ2n) is 8.83. The summed E-state index contributed by atoms with van der Waals surface area (Å²) in [6.45, 7) is 0.516. The fourth-order valence-corrected chi connectivity index (χ4v) is 5.33. The Labute approximate surface area is 180 Å². The Balaban J connectivity index is 1.32. The second-order valence-corrected chi connectivity index (χ2v) is 8.83. The summed E-state index contributed by atoms with van der Waals surface area (Å²) in [7, 11) is 0. The van der Waals surface area contributed by atoms with Gasteiger partial charge in [0.15, 0.2) is 5.79 Å². The van der Waals surface area contributed by atoms with Crippen LogP contribution in [0.1, 0.15) is 30.4 Å². The van der Waals surface area contributed by atoms with Gasteiger partial charge in [-0.3, -0.25) is 9.59 Å². The fourth-order valence-electron chi connectivity index (χ4n) is 5.33. The van der Waals surface area contributed by atoms with Crippen molar-refractivity contribution in [3.8, 4) is 0 Å². The van der Waals surface area contributed by atoms with Gasteiger partial charge in [0.25, 0.3) is 0 Å². The minimum absolute atomic E-state index is 0.143. The van der Waals surface area contributed by atoms with Gasteiger partial charge in [0, 0.05) is 37.9 Å². The first-order chi connectivity index (χ1) is 15.0. The average molecular weight is 428 g/mol. The van der Waals surface area contributed by atoms with Crippen LogP contribution in [0, 0.1) is 0 Å². The van der Waals surface area contributed by atoms with E-state index in [0.29, 0.717) is 31.4 Å². The predicted molar refractivity (Wildman–Crippen MR) is 110 cm³/mol. The van der Waals surface area contributed by atoms with E-state index in [1.807, 2.05) is 12.1 Å². The topological polar surface area (TPSA) is 108 Å². The van der Waals surface area contributed by atoms with Gasteiger partial charge >= 0.3 is 0 Å². The highest BCUT2D eigenvalue weighted by Crippen LogP contribution is 2.44. The number of nitrogens with zero attached hydrogens (tertiary/aromatic N) is 1. The van der Waals surface area contributed by atoms with Crippen LogP contribution in [0.15, 0.2) is 35.9 Å². The van der Waals surface area contributed by atoms with Crippen LogP contribution in [0.4, 0.5) is 0 Å². The maximum Gasteiger partial charge on any atom is 0.250 e. The van der Waals surface area contributed by atoms with Gasteiger partial charge in [-0.25, -0.2) is 0 Å². The van der Waals surface area contributed by atoms with Crippen molar-refractivity contribution in [2.45, 2.75) is 62.2 Å². The number of amides is 2. The lowest BCUT2D eigenvalue weighted by atomic mass is 9.91. The number of carbonyl (C=O) groups excluding carboxylic acids is 2. The molecule has 1 aromatic carbocycles. The van der Waals surface area contributed by atoms with E-state index in [2.05, 4.69) is 17.4 Å². The van der Waals surface area contributed by atoms with Gasteiger partial charge < -0.3 is 29.9 Å². The fraction of sp³-hybridized carbons (Fsp3) is 0.565. The molecule has 4 atom stereocenters. The first kappa shape index (κ1) is 20.6. The molecule has 31 heavy (non-hydrogen) atoms. The third kappa shape index (κ3) is 3.67. The third-order valence-corrected chi connectivity index (χ3v) is 6.74. The maximum atomic E-state index is 13.2. The highest BCUT2D eigenvalue weighted by atomic mass is 16.8. The van der Waals surface area contributed by atoms with Crippen molar-refractivity contribution in [3.63, 3.8) is 0 Å². The standard InChI is InChI=1S/C23H28N2O6/c26-9-7-24-21(28)17-6-3-8-25(17)22(29)16-10-18(27)20-19(11-16)30-23(31-20)12-14-4-1-2-5-15(14)13-23/h1-2,4-5,11,17-20,26-27H,3,6-10,12-13H2,(H,24,28)/t17-,18-,19-,20+/m1/s1. The van der Waals surface area contributed by atoms with Crippen molar-refractivity contribution in [3.05, 3.63) is 47.0 Å². The Morgan fingerprint density at radius 1 is 1.19 bits per heavy atom. The summed E-state index contributed by atoms with van der Waals surface area (Å²) in [5.74, 6) is -1.29. The Kier molecular flexibility index (Phi) is 5.34. The average Bonchev–Trinajstić information content (AvgIpc) is 3.47. The summed E-state index contributed by atoms with van der Waals surface area (Å²) in [5, 5.41) is 22.4. The molecule has 2 aliphatic carbocycles. The zero-order valence-electron chi connectivity index (χ0n) is 17.3. The number of fused-ring (bicyclic) bond motifs is 2. The number of rotatable bonds is 4. The predicted octanol–water partition coefficient (Wildman–Crippen LogP) is 0.0560. The number of carbonyl (C=O) groups is 2. The van der Waals surface area contributed by atoms with Crippen molar-refractivity contribution in [2.24, 2.45) is 0 Å². The zero-order chi connectivity index (χ0) is 21.6. The molecule has 4 aliphatic rings. The highest BCUT2D eigenvalue weighted by molar-refractivity contribution is 5.97. The lowest BCUT2D eigenvalue weighted by Crippen LogP contribution is -2.48. The lowest BCUT2D eigenvalue weighted by Gasteiger charge is -2.30. The van der Waals surface area contributed by atoms with Gasteiger partial charge in [-0.05, 0) is 30.0 Å². The summed E-state index contributed by atoms with van der Waals surface area (Å²) in [5.41, 5.74) is 2.83. The molecule has 1 spiro atoms. The van der Waals surface area contributed by atoms with Crippen molar-refractivity contribution in [1.29, 1.82) is 0 Å². The van der Waals surface area contributed by atoms with Gasteiger partial charge in [0.2, 0.25) is 11.8 Å². The third-order valence-electron chi connectivity index (χ3n) is 6.74. The largest absolute Gasteiger partial charge is 0.395 e. The molecule has 166 valence electrons. The van der Waals surface area contributed by atoms with Gasteiger partial charge in [0.05, 0.1) is 12.7 Å². The number of hydrogen-bond acceptors (Lipinski definition) is 6. The van der Waals surface area contributed by atoms with Crippen LogP contribution >= 0.6 is 0 Å². The van der Waals surface area contributed by atoms with Crippen LogP contribution in [-0.4, -0.2) is 76.8 Å². The molecule has 8 heteroatoms. The number of aliphatic hydroxyl groups is 2. The molecule has 2 fully saturated rings. The van der Waals surface area contributed by atoms with Crippen molar-refractivity contribution >= 4 is 11.8 Å². The number of nitrogens with one attached hydrogen (secondary N) is 1. The van der Waals surface area contributed by atoms with Crippen LogP contribution in [0.25, 0.3) is 0 Å². The molecule has 1 aromatic rings. The number of hydrogen-bond donors (Lipinski definition) is 3. The Morgan fingerprint density at radius 2 is 1.94 bits per heavy atom. The van der Waals surface area contributed by atoms with Gasteiger partial charge in [0.1, 0.15) is 18.2 Å². The molecule has 2 heterocycles. The van der Waals surface area contributed by atoms with Crippen molar-refractivity contribution in [1.82, 2.24) is 10.2 Å². The molecule has 0 saturated carbocycles. The SMILES string of the molecule is O=C(NCCO)[C@H]1CCCN1C(=O)C1=C[C@H]2OC3(Cc4ccccc4C3)O[C@H]2[C@H](O)C1. The molecule has 0 unspecified atom stereocenters. The minimum atomic E-state index is -0.846. The summed E-state index contributed by atoms with van der Waals surface area (Å²) in [4.78, 5) is 27.2. The van der Waals surface area contributed by atoms with E-state index in [4.69, 9.17) is 14.6 Å². The molecule has 2 aliphatic heterocycles. The van der Waals surface area contributed by atoms with Crippen molar-refractivity contribution in [2.75, 3.05) is 19.7 Å². The number of aliphatic hydroxyl groups excluding tert-OH is 2. The quantitative estimate of drug-likeness (QED) is 0.626. The van der Waals surface area contributed by atoms with E-state index in [9.17, 15) is 14.7 Å². The summed E-state index contributed by atoms with van der Waals surface area (Å²) in [6.07, 6.45) is 2.68. The molecule has 0 aromatic heterocycles. The molecular formula is C23H28N2O6. The zero-order valence-corrected chi connectivity index (χ0v) is 17.3. The van der Waals surface area contributed by atoms with E-state index in [1.165, 1.54) is 11.1 Å². The Hall–Kier alpha value is -2.26. The summed E-state index contributed by atoms with van der Waals surface area (Å²) in [6, 6.07) is 7.57. The Bertz CT molecular complexity index is 890. The number of benzene rings is 1. The maximum absolute atomic E-state index is 13.2. The lowest BCUT2D eigenvalue weighted by molar-refractivity contribution is -0.171. The van der Waals surface area contributed by atoms with E-state index in [-0.39, 0.29) is 31.4 Å². The first-order valence-corrected chi connectivity index (χ1v) is 11.0. The molecule has 2 amide bonds. The smallest absolute Gasteiger partial charge is 0.250 e. The van der Waals surface area contributed by atoms with E-state index in [0.717, 1.165) is 6.42 Å². The van der Waals surface area contributed by atoms with Crippen LogP contribution in [0.2, 0.25) is 0 Å². The monoisotopic (exact) mass is 428 g/mol. The van der Waals surface area contributed by atoms with E-state index >= 15 is 0 Å². The van der Waals surface area contributed by atoms with Gasteiger partial charge in [-0.15, -0.1) is 0 Å². The summed E-state index contributed by atoms with van der Waals surface area (Å²) >= 11 is 0. The highest BCUT2D eigenvalue weighted by Gasteiger charge is 2.54. The Morgan fingerprint density at radius 3 is 2.65 bits per heavy atom. The van der Waals surface area contributed by atoms with E-state index < -0.39 is 30.1 Å². The molecule has 3 N–H and O–H groups in total. The molecular weight excluding hydrogens is 400 g/mol. The second kappa shape index (κ2) is 8.02. The van der Waals surface area contributed by atoms with Crippen LogP contribution < -0.4 is 5.32 Å². The molecule has 0 bridgehead atoms. The summed E-state index contributed by atoms with van der Waals surface area (Å²) < 4.78 is 12.5. The van der Waals surface area contributed by atoms with Crippen molar-refractivity contribution < 1.29 is 29.3 Å². The van der Waals surface area contributed by atoms with Crippen LogP contribution in [-0.2, 0) is 31.9 Å².